The van der Waals surface area contributed by atoms with Crippen LogP contribution in [0.3, 0.4) is 0 Å². The van der Waals surface area contributed by atoms with Gasteiger partial charge in [-0.15, -0.1) is 0 Å². The molecule has 0 heterocycles. The first-order valence-corrected chi connectivity index (χ1v) is 10.9. The fraction of sp³-hybridized carbons (Fsp3) is 0.542. The van der Waals surface area contributed by atoms with E-state index in [9.17, 15) is 31.1 Å². The molecule has 0 bridgehead atoms. The third-order valence-corrected chi connectivity index (χ3v) is 4.66. The first-order valence-electron chi connectivity index (χ1n) is 10.9. The number of unbranched alkanes of at least 4 members (excludes halogenated alkanes) is 4. The van der Waals surface area contributed by atoms with Crippen molar-refractivity contribution in [2.24, 2.45) is 0 Å². The van der Waals surface area contributed by atoms with Crippen molar-refractivity contribution in [2.45, 2.75) is 71.3 Å². The van der Waals surface area contributed by atoms with Gasteiger partial charge in [-0.2, -0.15) is 26.3 Å². The minimum absolute atomic E-state index is 0.105. The minimum atomic E-state index is -4.86. The van der Waals surface area contributed by atoms with Crippen LogP contribution in [0.4, 0.5) is 26.3 Å². The molecule has 9 heteroatoms. The molecular formula is C24H30F6O3. The van der Waals surface area contributed by atoms with Gasteiger partial charge in [0.1, 0.15) is 0 Å². The molecule has 0 fully saturated rings. The van der Waals surface area contributed by atoms with E-state index < -0.39 is 23.5 Å². The van der Waals surface area contributed by atoms with E-state index in [1.807, 2.05) is 19.1 Å². The van der Waals surface area contributed by atoms with E-state index in [2.05, 4.69) is 0 Å². The number of ether oxygens (including phenoxy) is 2. The monoisotopic (exact) mass is 480 g/mol. The summed E-state index contributed by atoms with van der Waals surface area (Å²) in [5.41, 5.74) is -1.96. The predicted molar refractivity (Wildman–Crippen MR) is 113 cm³/mol. The standard InChI is InChI=1S/C24H30F6O3/c1-3-18(15-22(31)33-4-2)11-9-7-5-6-8-10-12-32-17-19-13-20(23(25,26)27)16-21(14-19)24(28,29)30/h9,11,13-16H,3-8,10,12,17H2,1-2H3. The summed E-state index contributed by atoms with van der Waals surface area (Å²) in [7, 11) is 0. The Morgan fingerprint density at radius 3 is 2.06 bits per heavy atom. The normalized spacial score (nSPS) is 13.0. The molecule has 1 aromatic rings. The average Bonchev–Trinajstić information content (AvgIpc) is 2.72. The molecule has 0 spiro atoms. The molecule has 0 aromatic heterocycles. The van der Waals surface area contributed by atoms with Crippen molar-refractivity contribution in [1.82, 2.24) is 0 Å². The van der Waals surface area contributed by atoms with Crippen LogP contribution in [0.5, 0.6) is 0 Å². The zero-order chi connectivity index (χ0) is 24.9. The Labute approximate surface area is 190 Å². The van der Waals surface area contributed by atoms with E-state index in [1.54, 1.807) is 6.92 Å². The third kappa shape index (κ3) is 11.9. The predicted octanol–water partition coefficient (Wildman–Crippen LogP) is 7.65. The summed E-state index contributed by atoms with van der Waals surface area (Å²) in [5.74, 6) is -0.362. The smallest absolute Gasteiger partial charge is 0.416 e. The van der Waals surface area contributed by atoms with Crippen molar-refractivity contribution in [1.29, 1.82) is 0 Å². The molecule has 0 unspecified atom stereocenters. The molecule has 0 aliphatic carbocycles. The summed E-state index contributed by atoms with van der Waals surface area (Å²) >= 11 is 0. The van der Waals surface area contributed by atoms with Gasteiger partial charge in [0.25, 0.3) is 0 Å². The van der Waals surface area contributed by atoms with Crippen molar-refractivity contribution in [3.63, 3.8) is 0 Å². The van der Waals surface area contributed by atoms with Crippen molar-refractivity contribution in [3.05, 3.63) is 58.7 Å². The first kappa shape index (κ1) is 28.7. The van der Waals surface area contributed by atoms with Crippen LogP contribution in [-0.2, 0) is 33.2 Å². The Kier molecular flexibility index (Phi) is 12.3. The lowest BCUT2D eigenvalue weighted by molar-refractivity contribution is -0.143. The van der Waals surface area contributed by atoms with Crippen LogP contribution in [0.15, 0.2) is 42.0 Å². The Balaban J connectivity index is 2.35. The van der Waals surface area contributed by atoms with Crippen molar-refractivity contribution < 1.29 is 40.6 Å². The molecule has 186 valence electrons. The fourth-order valence-corrected chi connectivity index (χ4v) is 2.95. The summed E-state index contributed by atoms with van der Waals surface area (Å²) in [5, 5.41) is 0. The van der Waals surface area contributed by atoms with E-state index in [0.717, 1.165) is 31.3 Å². The van der Waals surface area contributed by atoms with Gasteiger partial charge in [0.15, 0.2) is 0 Å². The molecule has 0 radical (unpaired) electrons. The maximum atomic E-state index is 12.9. The van der Waals surface area contributed by atoms with Gasteiger partial charge in [-0.1, -0.05) is 31.9 Å². The molecule has 0 amide bonds. The Morgan fingerprint density at radius 1 is 0.909 bits per heavy atom. The van der Waals surface area contributed by atoms with Gasteiger partial charge in [0.2, 0.25) is 0 Å². The molecule has 0 aliphatic rings. The highest BCUT2D eigenvalue weighted by atomic mass is 19.4. The zero-order valence-electron chi connectivity index (χ0n) is 18.8. The maximum Gasteiger partial charge on any atom is 0.416 e. The summed E-state index contributed by atoms with van der Waals surface area (Å²) in [6.07, 6.45) is 0.443. The van der Waals surface area contributed by atoms with Gasteiger partial charge in [-0.25, -0.2) is 4.79 Å². The van der Waals surface area contributed by atoms with Gasteiger partial charge in [0.05, 0.1) is 24.3 Å². The number of rotatable bonds is 13. The molecule has 1 rings (SSSR count). The molecule has 3 nitrogen and oxygen atoms in total. The Bertz CT molecular complexity index is 762. The van der Waals surface area contributed by atoms with Crippen LogP contribution in [-0.4, -0.2) is 19.2 Å². The lowest BCUT2D eigenvalue weighted by Crippen LogP contribution is -2.12. The summed E-state index contributed by atoms with van der Waals surface area (Å²) in [4.78, 5) is 11.4. The number of hydrogen-bond acceptors (Lipinski definition) is 3. The largest absolute Gasteiger partial charge is 0.463 e. The highest BCUT2D eigenvalue weighted by Gasteiger charge is 2.36. The number of carbonyl (C=O) groups is 1. The Morgan fingerprint density at radius 2 is 1.52 bits per heavy atom. The lowest BCUT2D eigenvalue weighted by atomic mass is 10.1. The number of halogens is 6. The van der Waals surface area contributed by atoms with Gasteiger partial charge in [0, 0.05) is 12.7 Å². The van der Waals surface area contributed by atoms with E-state index in [1.165, 1.54) is 6.08 Å². The van der Waals surface area contributed by atoms with Crippen molar-refractivity contribution in [3.8, 4) is 0 Å². The van der Waals surface area contributed by atoms with Crippen molar-refractivity contribution >= 4 is 5.97 Å². The summed E-state index contributed by atoms with van der Waals surface area (Å²) < 4.78 is 87.4. The molecule has 0 atom stereocenters. The van der Waals surface area contributed by atoms with E-state index in [0.29, 0.717) is 31.6 Å². The topological polar surface area (TPSA) is 35.5 Å². The number of esters is 1. The SMILES string of the molecule is CCOC(=O)C=C(C=CCCCCCCOCc1cc(C(F)(F)F)cc(C(F)(F)F)c1)CC. The van der Waals surface area contributed by atoms with Gasteiger partial charge < -0.3 is 9.47 Å². The highest BCUT2D eigenvalue weighted by Crippen LogP contribution is 2.36. The second kappa shape index (κ2) is 14.1. The minimum Gasteiger partial charge on any atom is -0.463 e. The summed E-state index contributed by atoms with van der Waals surface area (Å²) in [6, 6.07) is 1.47. The van der Waals surface area contributed by atoms with Crippen LogP contribution in [0.25, 0.3) is 0 Å². The van der Waals surface area contributed by atoms with Crippen LogP contribution in [0.1, 0.15) is 69.1 Å². The van der Waals surface area contributed by atoms with E-state index in [-0.39, 0.29) is 30.8 Å². The molecule has 0 aliphatic heterocycles. The zero-order valence-corrected chi connectivity index (χ0v) is 18.8. The lowest BCUT2D eigenvalue weighted by Gasteiger charge is -2.14. The van der Waals surface area contributed by atoms with Gasteiger partial charge >= 0.3 is 18.3 Å². The molecule has 0 saturated carbocycles. The number of benzene rings is 1. The molecular weight excluding hydrogens is 450 g/mol. The first-order chi connectivity index (χ1) is 15.5. The van der Waals surface area contributed by atoms with Crippen LogP contribution >= 0.6 is 0 Å². The highest BCUT2D eigenvalue weighted by molar-refractivity contribution is 5.83. The molecule has 33 heavy (non-hydrogen) atoms. The van der Waals surface area contributed by atoms with Gasteiger partial charge in [-0.3, -0.25) is 0 Å². The molecule has 0 N–H and O–H groups in total. The number of allylic oxidation sites excluding steroid dienone is 3. The Hall–Kier alpha value is -2.29. The second-order valence-electron chi connectivity index (χ2n) is 7.40. The van der Waals surface area contributed by atoms with Crippen LogP contribution in [0.2, 0.25) is 0 Å². The maximum absolute atomic E-state index is 12.9. The fourth-order valence-electron chi connectivity index (χ4n) is 2.95. The summed E-state index contributed by atoms with van der Waals surface area (Å²) in [6.45, 7) is 3.94. The van der Waals surface area contributed by atoms with Gasteiger partial charge in [-0.05, 0) is 61.9 Å². The number of carbonyl (C=O) groups excluding carboxylic acids is 1. The number of hydrogen-bond donors (Lipinski definition) is 0. The van der Waals surface area contributed by atoms with Crippen molar-refractivity contribution in [2.75, 3.05) is 13.2 Å². The average molecular weight is 480 g/mol. The third-order valence-electron chi connectivity index (χ3n) is 4.66. The van der Waals surface area contributed by atoms with E-state index in [4.69, 9.17) is 9.47 Å². The molecule has 0 saturated heterocycles. The van der Waals surface area contributed by atoms with Crippen LogP contribution in [0, 0.1) is 0 Å². The number of alkyl halides is 6. The second-order valence-corrected chi connectivity index (χ2v) is 7.40. The van der Waals surface area contributed by atoms with Crippen LogP contribution < -0.4 is 0 Å². The quantitative estimate of drug-likeness (QED) is 0.0957. The van der Waals surface area contributed by atoms with E-state index >= 15 is 0 Å². The molecule has 1 aromatic carbocycles.